The Kier molecular flexibility index (Phi) is 3.66. The van der Waals surface area contributed by atoms with E-state index in [1.165, 1.54) is 18.2 Å². The van der Waals surface area contributed by atoms with E-state index in [4.69, 9.17) is 0 Å². The zero-order valence-corrected chi connectivity index (χ0v) is 8.93. The molecule has 0 aliphatic rings. The molecule has 15 heavy (non-hydrogen) atoms. The molecule has 1 rings (SSSR count). The molecule has 0 heterocycles. The number of aromatic hydroxyl groups is 1. The van der Waals surface area contributed by atoms with Crippen LogP contribution in [0.2, 0.25) is 0 Å². The van der Waals surface area contributed by atoms with Gasteiger partial charge < -0.3 is 5.11 Å². The average molecular weight is 209 g/mol. The lowest BCUT2D eigenvalue weighted by atomic mass is 9.95. The highest BCUT2D eigenvalue weighted by molar-refractivity contribution is 5.44. The van der Waals surface area contributed by atoms with Crippen molar-refractivity contribution in [1.29, 1.82) is 0 Å². The standard InChI is InChI=1S/C11H15NO3/c1-3-4-8(2)10-7-9(12(14)15)5-6-11(10)13/h5-8,13H,3-4H2,1-2H3. The molecular weight excluding hydrogens is 194 g/mol. The summed E-state index contributed by atoms with van der Waals surface area (Å²) in [6.07, 6.45) is 1.90. The Morgan fingerprint density at radius 2 is 2.20 bits per heavy atom. The molecule has 82 valence electrons. The molecule has 1 aromatic carbocycles. The average Bonchev–Trinajstić information content (AvgIpc) is 2.18. The molecule has 0 amide bonds. The van der Waals surface area contributed by atoms with Crippen molar-refractivity contribution in [3.8, 4) is 5.75 Å². The van der Waals surface area contributed by atoms with Crippen LogP contribution < -0.4 is 0 Å². The maximum Gasteiger partial charge on any atom is 0.269 e. The molecule has 4 nitrogen and oxygen atoms in total. The Hall–Kier alpha value is -1.58. The number of benzene rings is 1. The maximum atomic E-state index is 10.6. The van der Waals surface area contributed by atoms with Crippen LogP contribution in [0.25, 0.3) is 0 Å². The van der Waals surface area contributed by atoms with Crippen molar-refractivity contribution in [3.05, 3.63) is 33.9 Å². The van der Waals surface area contributed by atoms with E-state index < -0.39 is 4.92 Å². The summed E-state index contributed by atoms with van der Waals surface area (Å²) in [5.74, 6) is 0.288. The number of non-ortho nitro benzene ring substituents is 1. The number of phenolic OH excluding ortho intramolecular Hbond substituents is 1. The van der Waals surface area contributed by atoms with Crippen LogP contribution in [0.1, 0.15) is 38.2 Å². The molecule has 0 radical (unpaired) electrons. The van der Waals surface area contributed by atoms with Crippen molar-refractivity contribution in [2.24, 2.45) is 0 Å². The summed E-state index contributed by atoms with van der Waals surface area (Å²) in [6.45, 7) is 4.01. The van der Waals surface area contributed by atoms with E-state index in [-0.39, 0.29) is 17.4 Å². The molecule has 0 saturated heterocycles. The molecule has 1 unspecified atom stereocenters. The van der Waals surface area contributed by atoms with E-state index in [0.29, 0.717) is 5.56 Å². The predicted octanol–water partition coefficient (Wildman–Crippen LogP) is 3.20. The summed E-state index contributed by atoms with van der Waals surface area (Å²) in [5.41, 5.74) is 0.691. The third-order valence-corrected chi connectivity index (χ3v) is 2.47. The van der Waals surface area contributed by atoms with Gasteiger partial charge in [0.2, 0.25) is 0 Å². The second-order valence-electron chi connectivity index (χ2n) is 3.69. The van der Waals surface area contributed by atoms with Crippen LogP contribution in [-0.4, -0.2) is 10.0 Å². The molecule has 1 atom stereocenters. The number of nitro groups is 1. The number of phenols is 1. The van der Waals surface area contributed by atoms with Crippen LogP contribution >= 0.6 is 0 Å². The highest BCUT2D eigenvalue weighted by Gasteiger charge is 2.14. The number of nitrogens with zero attached hydrogens (tertiary/aromatic N) is 1. The monoisotopic (exact) mass is 209 g/mol. The summed E-state index contributed by atoms with van der Waals surface area (Å²) in [5, 5.41) is 20.2. The Morgan fingerprint density at radius 1 is 1.53 bits per heavy atom. The molecule has 1 aromatic rings. The number of hydrogen-bond acceptors (Lipinski definition) is 3. The minimum atomic E-state index is -0.443. The van der Waals surface area contributed by atoms with E-state index >= 15 is 0 Å². The number of nitro benzene ring substituents is 1. The molecular formula is C11H15NO3. The van der Waals surface area contributed by atoms with Gasteiger partial charge in [-0.1, -0.05) is 20.3 Å². The van der Waals surface area contributed by atoms with Gasteiger partial charge in [-0.05, 0) is 18.4 Å². The first-order chi connectivity index (χ1) is 7.06. The van der Waals surface area contributed by atoms with Gasteiger partial charge in [-0.15, -0.1) is 0 Å². The van der Waals surface area contributed by atoms with Crippen molar-refractivity contribution in [2.75, 3.05) is 0 Å². The predicted molar refractivity (Wildman–Crippen MR) is 58.1 cm³/mol. The molecule has 1 N–H and O–H groups in total. The van der Waals surface area contributed by atoms with E-state index in [1.807, 2.05) is 13.8 Å². The van der Waals surface area contributed by atoms with Crippen LogP contribution in [0.3, 0.4) is 0 Å². The second-order valence-corrected chi connectivity index (χ2v) is 3.69. The lowest BCUT2D eigenvalue weighted by molar-refractivity contribution is -0.385. The minimum Gasteiger partial charge on any atom is -0.508 e. The summed E-state index contributed by atoms with van der Waals surface area (Å²) >= 11 is 0. The normalized spacial score (nSPS) is 12.4. The highest BCUT2D eigenvalue weighted by Crippen LogP contribution is 2.31. The van der Waals surface area contributed by atoms with Gasteiger partial charge in [0.05, 0.1) is 4.92 Å². The molecule has 0 aromatic heterocycles. The first kappa shape index (κ1) is 11.5. The first-order valence-corrected chi connectivity index (χ1v) is 5.03. The quantitative estimate of drug-likeness (QED) is 0.611. The van der Waals surface area contributed by atoms with Crippen LogP contribution in [0, 0.1) is 10.1 Å². The molecule has 0 spiro atoms. The fourth-order valence-corrected chi connectivity index (χ4v) is 1.64. The van der Waals surface area contributed by atoms with Crippen molar-refractivity contribution in [2.45, 2.75) is 32.6 Å². The fourth-order valence-electron chi connectivity index (χ4n) is 1.64. The first-order valence-electron chi connectivity index (χ1n) is 5.03. The number of rotatable bonds is 4. The van der Waals surface area contributed by atoms with Gasteiger partial charge in [0.25, 0.3) is 5.69 Å². The van der Waals surface area contributed by atoms with Crippen molar-refractivity contribution >= 4 is 5.69 Å². The summed E-state index contributed by atoms with van der Waals surface area (Å²) in [7, 11) is 0. The molecule has 0 bridgehead atoms. The lowest BCUT2D eigenvalue weighted by Crippen LogP contribution is -1.96. The van der Waals surface area contributed by atoms with Crippen molar-refractivity contribution in [1.82, 2.24) is 0 Å². The molecule has 0 aliphatic carbocycles. The SMILES string of the molecule is CCCC(C)c1cc([N+](=O)[O-])ccc1O. The minimum absolute atomic E-state index is 0.0331. The summed E-state index contributed by atoms with van der Waals surface area (Å²) in [6, 6.07) is 4.16. The summed E-state index contributed by atoms with van der Waals surface area (Å²) < 4.78 is 0. The topological polar surface area (TPSA) is 63.4 Å². The van der Waals surface area contributed by atoms with Gasteiger partial charge in [-0.25, -0.2) is 0 Å². The van der Waals surface area contributed by atoms with Gasteiger partial charge >= 0.3 is 0 Å². The Balaban J connectivity index is 3.04. The van der Waals surface area contributed by atoms with E-state index in [9.17, 15) is 15.2 Å². The van der Waals surface area contributed by atoms with Crippen LogP contribution in [0.15, 0.2) is 18.2 Å². The van der Waals surface area contributed by atoms with E-state index in [1.54, 1.807) is 0 Å². The third-order valence-electron chi connectivity index (χ3n) is 2.47. The largest absolute Gasteiger partial charge is 0.508 e. The molecule has 4 heteroatoms. The summed E-state index contributed by atoms with van der Waals surface area (Å²) in [4.78, 5) is 10.1. The van der Waals surface area contributed by atoms with Gasteiger partial charge in [0, 0.05) is 17.7 Å². The van der Waals surface area contributed by atoms with Gasteiger partial charge in [0.1, 0.15) is 5.75 Å². The zero-order chi connectivity index (χ0) is 11.4. The fraction of sp³-hybridized carbons (Fsp3) is 0.455. The Morgan fingerprint density at radius 3 is 2.73 bits per heavy atom. The van der Waals surface area contributed by atoms with E-state index in [0.717, 1.165) is 12.8 Å². The molecule has 0 fully saturated rings. The highest BCUT2D eigenvalue weighted by atomic mass is 16.6. The second kappa shape index (κ2) is 4.77. The number of hydrogen-bond donors (Lipinski definition) is 1. The smallest absolute Gasteiger partial charge is 0.269 e. The Labute approximate surface area is 88.7 Å². The van der Waals surface area contributed by atoms with Crippen LogP contribution in [0.4, 0.5) is 5.69 Å². The molecule has 0 saturated carbocycles. The third kappa shape index (κ3) is 2.68. The van der Waals surface area contributed by atoms with Gasteiger partial charge in [-0.3, -0.25) is 10.1 Å². The van der Waals surface area contributed by atoms with Crippen molar-refractivity contribution in [3.63, 3.8) is 0 Å². The van der Waals surface area contributed by atoms with Gasteiger partial charge in [0.15, 0.2) is 0 Å². The zero-order valence-electron chi connectivity index (χ0n) is 8.93. The van der Waals surface area contributed by atoms with Crippen molar-refractivity contribution < 1.29 is 10.0 Å². The lowest BCUT2D eigenvalue weighted by Gasteiger charge is -2.11. The van der Waals surface area contributed by atoms with Gasteiger partial charge in [-0.2, -0.15) is 0 Å². The Bertz CT molecular complexity index is 363. The van der Waals surface area contributed by atoms with Crippen LogP contribution in [0.5, 0.6) is 5.75 Å². The molecule has 0 aliphatic heterocycles. The van der Waals surface area contributed by atoms with Crippen LogP contribution in [-0.2, 0) is 0 Å². The maximum absolute atomic E-state index is 10.6. The van der Waals surface area contributed by atoms with E-state index in [2.05, 4.69) is 0 Å².